The number of carbonyl (C=O) groups is 1. The molecule has 1 unspecified atom stereocenters. The lowest BCUT2D eigenvalue weighted by Crippen LogP contribution is -2.35. The van der Waals surface area contributed by atoms with Crippen LogP contribution in [0, 0.1) is 5.41 Å². The number of hydrogen-bond acceptors (Lipinski definition) is 7. The van der Waals surface area contributed by atoms with Gasteiger partial charge in [0, 0.05) is 29.6 Å². The topological polar surface area (TPSA) is 72.9 Å². The summed E-state index contributed by atoms with van der Waals surface area (Å²) >= 11 is 1.39. The number of nitrogens with zero attached hydrogens (tertiary/aromatic N) is 1. The third-order valence-electron chi connectivity index (χ3n) is 6.05. The van der Waals surface area contributed by atoms with E-state index in [0.29, 0.717) is 35.2 Å². The minimum absolute atomic E-state index is 0.0953. The van der Waals surface area contributed by atoms with E-state index in [9.17, 15) is 13.2 Å². The Balaban J connectivity index is 2.07. The van der Waals surface area contributed by atoms with E-state index < -0.39 is 15.3 Å². The predicted octanol–water partition coefficient (Wildman–Crippen LogP) is 5.61. The van der Waals surface area contributed by atoms with E-state index >= 15 is 0 Å². The number of unbranched alkanes of at least 4 members (excludes halogenated alkanes) is 1. The fraction of sp³-hybridized carbons (Fsp3) is 0.500. The fourth-order valence-corrected chi connectivity index (χ4v) is 7.36. The molecule has 0 saturated carbocycles. The maximum atomic E-state index is 13.7. The molecule has 2 aromatic carbocycles. The van der Waals surface area contributed by atoms with Gasteiger partial charge in [0.25, 0.3) is 0 Å². The Kier molecular flexibility index (Phi) is 8.93. The van der Waals surface area contributed by atoms with Gasteiger partial charge in [-0.05, 0) is 37.0 Å². The van der Waals surface area contributed by atoms with Crippen molar-refractivity contribution in [1.29, 1.82) is 0 Å². The Bertz CT molecular complexity index is 1090. The van der Waals surface area contributed by atoms with Crippen molar-refractivity contribution in [2.75, 3.05) is 36.7 Å². The molecule has 6 nitrogen and oxygen atoms in total. The van der Waals surface area contributed by atoms with Crippen LogP contribution >= 0.6 is 11.8 Å². The van der Waals surface area contributed by atoms with E-state index in [4.69, 9.17) is 9.47 Å². The Morgan fingerprint density at radius 2 is 1.91 bits per heavy atom. The Labute approximate surface area is 207 Å². The van der Waals surface area contributed by atoms with Crippen molar-refractivity contribution >= 4 is 38.9 Å². The number of rotatable bonds is 10. The van der Waals surface area contributed by atoms with Crippen molar-refractivity contribution < 1.29 is 22.7 Å². The standard InChI is InChI=1S/C26H35NO5S2/c1-5-7-13-26(3)18-27(21-11-9-8-10-12-21)22-15-23(31-4)20(14-24(22)34(29,30)19-26)16-33-17-25(28)32-6-2/h8-12,14-15H,5-7,13,16-19H2,1-4H3. The Hall–Kier alpha value is -2.19. The van der Waals surface area contributed by atoms with Crippen LogP contribution in [0.3, 0.4) is 0 Å². The normalized spacial score (nSPS) is 19.2. The van der Waals surface area contributed by atoms with Crippen LogP contribution in [0.15, 0.2) is 47.4 Å². The molecule has 2 aromatic rings. The molecule has 1 heterocycles. The number of para-hydroxylation sites is 1. The zero-order valence-corrected chi connectivity index (χ0v) is 22.1. The first-order chi connectivity index (χ1) is 16.2. The summed E-state index contributed by atoms with van der Waals surface area (Å²) in [5, 5.41) is 0. The van der Waals surface area contributed by atoms with Gasteiger partial charge in [0.2, 0.25) is 0 Å². The van der Waals surface area contributed by atoms with E-state index in [0.717, 1.165) is 30.5 Å². The van der Waals surface area contributed by atoms with Gasteiger partial charge in [-0.15, -0.1) is 11.8 Å². The summed E-state index contributed by atoms with van der Waals surface area (Å²) in [5.74, 6) is 1.08. The monoisotopic (exact) mass is 505 g/mol. The Morgan fingerprint density at radius 3 is 2.56 bits per heavy atom. The molecule has 0 aliphatic carbocycles. The molecule has 0 aromatic heterocycles. The highest BCUT2D eigenvalue weighted by Gasteiger charge is 2.40. The van der Waals surface area contributed by atoms with Crippen molar-refractivity contribution in [2.24, 2.45) is 5.41 Å². The molecule has 1 atom stereocenters. The Morgan fingerprint density at radius 1 is 1.18 bits per heavy atom. The highest BCUT2D eigenvalue weighted by atomic mass is 32.2. The average Bonchev–Trinajstić information content (AvgIpc) is 2.89. The number of esters is 1. The first-order valence-electron chi connectivity index (χ1n) is 11.7. The lowest BCUT2D eigenvalue weighted by Gasteiger charge is -2.34. The first kappa shape index (κ1) is 26.4. The van der Waals surface area contributed by atoms with Crippen molar-refractivity contribution in [2.45, 2.75) is 50.7 Å². The number of benzene rings is 2. The summed E-state index contributed by atoms with van der Waals surface area (Å²) in [7, 11) is -1.97. The molecule has 0 bridgehead atoms. The molecule has 186 valence electrons. The van der Waals surface area contributed by atoms with Gasteiger partial charge >= 0.3 is 5.97 Å². The second kappa shape index (κ2) is 11.5. The molecule has 0 amide bonds. The number of hydrogen-bond donors (Lipinski definition) is 0. The molecule has 0 fully saturated rings. The van der Waals surface area contributed by atoms with Crippen LogP contribution in [0.1, 0.15) is 45.6 Å². The van der Waals surface area contributed by atoms with Crippen molar-refractivity contribution in [1.82, 2.24) is 0 Å². The second-order valence-corrected chi connectivity index (χ2v) is 12.0. The van der Waals surface area contributed by atoms with Crippen LogP contribution in [0.4, 0.5) is 11.4 Å². The number of carbonyl (C=O) groups excluding carboxylic acids is 1. The fourth-order valence-electron chi connectivity index (χ4n) is 4.44. The van der Waals surface area contributed by atoms with Gasteiger partial charge < -0.3 is 14.4 Å². The van der Waals surface area contributed by atoms with Crippen LogP contribution in [0.25, 0.3) is 0 Å². The van der Waals surface area contributed by atoms with Crippen LogP contribution in [0.5, 0.6) is 5.75 Å². The third-order valence-corrected chi connectivity index (χ3v) is 9.08. The largest absolute Gasteiger partial charge is 0.496 e. The predicted molar refractivity (Wildman–Crippen MR) is 139 cm³/mol. The zero-order valence-electron chi connectivity index (χ0n) is 20.5. The number of thioether (sulfide) groups is 1. The highest BCUT2D eigenvalue weighted by Crippen LogP contribution is 2.45. The third kappa shape index (κ3) is 6.27. The molecule has 1 aliphatic heterocycles. The molecule has 8 heteroatoms. The van der Waals surface area contributed by atoms with Crippen molar-refractivity contribution in [3.8, 4) is 5.75 Å². The van der Waals surface area contributed by atoms with Crippen LogP contribution in [-0.2, 0) is 25.1 Å². The van der Waals surface area contributed by atoms with Gasteiger partial charge in [-0.1, -0.05) is 44.9 Å². The van der Waals surface area contributed by atoms with Gasteiger partial charge in [0.1, 0.15) is 5.75 Å². The average molecular weight is 506 g/mol. The van der Waals surface area contributed by atoms with Crippen LogP contribution in [-0.4, -0.2) is 46.2 Å². The molecule has 3 rings (SSSR count). The lowest BCUT2D eigenvalue weighted by atomic mass is 9.86. The van der Waals surface area contributed by atoms with Crippen molar-refractivity contribution in [3.63, 3.8) is 0 Å². The van der Waals surface area contributed by atoms with E-state index in [2.05, 4.69) is 18.7 Å². The lowest BCUT2D eigenvalue weighted by molar-refractivity contribution is -0.139. The maximum absolute atomic E-state index is 13.7. The van der Waals surface area contributed by atoms with Gasteiger partial charge in [-0.2, -0.15) is 0 Å². The molecule has 0 spiro atoms. The number of methoxy groups -OCH3 is 1. The molecule has 0 saturated heterocycles. The molecular weight excluding hydrogens is 470 g/mol. The number of fused-ring (bicyclic) bond motifs is 1. The van der Waals surface area contributed by atoms with Gasteiger partial charge in [-0.25, -0.2) is 8.42 Å². The van der Waals surface area contributed by atoms with E-state index in [1.165, 1.54) is 11.8 Å². The summed E-state index contributed by atoms with van der Waals surface area (Å²) in [4.78, 5) is 14.2. The van der Waals surface area contributed by atoms with Crippen LogP contribution in [0.2, 0.25) is 0 Å². The molecular formula is C26H35NO5S2. The van der Waals surface area contributed by atoms with E-state index in [-0.39, 0.29) is 17.5 Å². The number of sulfone groups is 1. The summed E-state index contributed by atoms with van der Waals surface area (Å²) < 4.78 is 38.1. The van der Waals surface area contributed by atoms with E-state index in [1.54, 1.807) is 20.1 Å². The highest BCUT2D eigenvalue weighted by molar-refractivity contribution is 7.99. The number of anilines is 2. The summed E-state index contributed by atoms with van der Waals surface area (Å²) in [6.45, 7) is 6.92. The number of ether oxygens (including phenoxy) is 2. The summed E-state index contributed by atoms with van der Waals surface area (Å²) in [6.07, 6.45) is 2.83. The quantitative estimate of drug-likeness (QED) is 0.388. The molecule has 1 aliphatic rings. The van der Waals surface area contributed by atoms with Gasteiger partial charge in [0.15, 0.2) is 9.84 Å². The van der Waals surface area contributed by atoms with E-state index in [1.807, 2.05) is 36.4 Å². The minimum Gasteiger partial charge on any atom is -0.496 e. The minimum atomic E-state index is -3.55. The maximum Gasteiger partial charge on any atom is 0.315 e. The SMILES string of the molecule is CCCCC1(C)CN(c2ccccc2)c2cc(OC)c(CSCC(=O)OCC)cc2S(=O)(=O)C1. The van der Waals surface area contributed by atoms with Gasteiger partial charge in [-0.3, -0.25) is 4.79 Å². The second-order valence-electron chi connectivity index (χ2n) is 9.02. The molecule has 0 radical (unpaired) electrons. The smallest absolute Gasteiger partial charge is 0.315 e. The zero-order chi connectivity index (χ0) is 24.8. The van der Waals surface area contributed by atoms with Crippen LogP contribution < -0.4 is 9.64 Å². The summed E-state index contributed by atoms with van der Waals surface area (Å²) in [5.41, 5.74) is 1.96. The summed E-state index contributed by atoms with van der Waals surface area (Å²) in [6, 6.07) is 13.5. The van der Waals surface area contributed by atoms with Gasteiger partial charge in [0.05, 0.1) is 35.8 Å². The van der Waals surface area contributed by atoms with Crippen molar-refractivity contribution in [3.05, 3.63) is 48.0 Å². The molecule has 0 N–H and O–H groups in total. The first-order valence-corrected chi connectivity index (χ1v) is 14.5. The molecule has 34 heavy (non-hydrogen) atoms.